The Hall–Kier alpha value is -3.51. The molecule has 5 nitrogen and oxygen atoms in total. The minimum atomic E-state index is -0.874. The van der Waals surface area contributed by atoms with Crippen LogP contribution in [0.4, 0.5) is 4.39 Å². The van der Waals surface area contributed by atoms with Gasteiger partial charge in [0.1, 0.15) is 11.6 Å². The number of carbonyl (C=O) groups excluding carboxylic acids is 2. The van der Waals surface area contributed by atoms with Crippen molar-refractivity contribution in [2.24, 2.45) is 0 Å². The predicted molar refractivity (Wildman–Crippen MR) is 110 cm³/mol. The van der Waals surface area contributed by atoms with Crippen molar-refractivity contribution in [3.63, 3.8) is 0 Å². The molecule has 1 aliphatic heterocycles. The third-order valence-electron chi connectivity index (χ3n) is 4.92. The second kappa shape index (κ2) is 8.08. The summed E-state index contributed by atoms with van der Waals surface area (Å²) < 4.78 is 13.5. The van der Waals surface area contributed by atoms with Crippen molar-refractivity contribution in [2.45, 2.75) is 12.6 Å². The predicted octanol–water partition coefficient (Wildman–Crippen LogP) is 4.50. The standard InChI is InChI=1S/C23H16ClFN2O3/c24-17-7-3-16(4-8-17)21(28)19-20(15-5-9-18(25)10-6-15)27(23(30)22(19)29)13-14-2-1-11-26-12-14/h1-12,20,28H,13H2/b21-19+. The van der Waals surface area contributed by atoms with Gasteiger partial charge >= 0.3 is 0 Å². The van der Waals surface area contributed by atoms with Crippen molar-refractivity contribution < 1.29 is 19.1 Å². The zero-order chi connectivity index (χ0) is 21.3. The van der Waals surface area contributed by atoms with E-state index < -0.39 is 23.5 Å². The lowest BCUT2D eigenvalue weighted by atomic mass is 9.95. The van der Waals surface area contributed by atoms with E-state index in [1.165, 1.54) is 29.2 Å². The first-order valence-corrected chi connectivity index (χ1v) is 9.52. The molecule has 0 aliphatic carbocycles. The summed E-state index contributed by atoms with van der Waals surface area (Å²) in [7, 11) is 0. The molecule has 7 heteroatoms. The lowest BCUT2D eigenvalue weighted by Gasteiger charge is -2.25. The molecule has 1 saturated heterocycles. The van der Waals surface area contributed by atoms with Crippen molar-refractivity contribution in [2.75, 3.05) is 0 Å². The van der Waals surface area contributed by atoms with Crippen LogP contribution in [0.25, 0.3) is 5.76 Å². The number of likely N-dealkylation sites (tertiary alicyclic amines) is 1. The number of halogens is 2. The number of rotatable bonds is 4. The van der Waals surface area contributed by atoms with E-state index in [9.17, 15) is 19.1 Å². The molecule has 1 aliphatic rings. The first-order valence-electron chi connectivity index (χ1n) is 9.14. The van der Waals surface area contributed by atoms with E-state index in [-0.39, 0.29) is 17.9 Å². The Labute approximate surface area is 177 Å². The number of aliphatic hydroxyl groups excluding tert-OH is 1. The Bertz CT molecular complexity index is 1130. The first-order chi connectivity index (χ1) is 14.5. The summed E-state index contributed by atoms with van der Waals surface area (Å²) in [6, 6.07) is 14.4. The summed E-state index contributed by atoms with van der Waals surface area (Å²) >= 11 is 5.91. The highest BCUT2D eigenvalue weighted by molar-refractivity contribution is 6.46. The van der Waals surface area contributed by atoms with Crippen molar-refractivity contribution in [3.05, 3.63) is 106 Å². The number of carbonyl (C=O) groups is 2. The maximum absolute atomic E-state index is 13.5. The van der Waals surface area contributed by atoms with Crippen LogP contribution in [-0.2, 0) is 16.1 Å². The van der Waals surface area contributed by atoms with Crippen LogP contribution in [0.2, 0.25) is 5.02 Å². The fraction of sp³-hybridized carbons (Fsp3) is 0.0870. The Balaban J connectivity index is 1.85. The van der Waals surface area contributed by atoms with Gasteiger partial charge in [-0.3, -0.25) is 14.6 Å². The SMILES string of the molecule is O=C1C(=O)N(Cc2cccnc2)C(c2ccc(F)cc2)/C1=C(\O)c1ccc(Cl)cc1. The topological polar surface area (TPSA) is 70.5 Å². The number of amides is 1. The van der Waals surface area contributed by atoms with Crippen LogP contribution < -0.4 is 0 Å². The van der Waals surface area contributed by atoms with Gasteiger partial charge in [-0.2, -0.15) is 0 Å². The lowest BCUT2D eigenvalue weighted by molar-refractivity contribution is -0.140. The molecule has 4 rings (SSSR count). The first kappa shape index (κ1) is 19.8. The van der Waals surface area contributed by atoms with Crippen LogP contribution in [0, 0.1) is 5.82 Å². The molecule has 1 unspecified atom stereocenters. The summed E-state index contributed by atoms with van der Waals surface area (Å²) in [6.45, 7) is 0.109. The van der Waals surface area contributed by atoms with Gasteiger partial charge in [0.25, 0.3) is 11.7 Å². The van der Waals surface area contributed by atoms with Crippen LogP contribution in [-0.4, -0.2) is 26.7 Å². The van der Waals surface area contributed by atoms with Gasteiger partial charge in [-0.05, 0) is 53.6 Å². The molecule has 1 N–H and O–H groups in total. The molecule has 0 bridgehead atoms. The third kappa shape index (κ3) is 3.69. The van der Waals surface area contributed by atoms with Gasteiger partial charge in [0.2, 0.25) is 0 Å². The van der Waals surface area contributed by atoms with Gasteiger partial charge in [-0.25, -0.2) is 4.39 Å². The second-order valence-electron chi connectivity index (χ2n) is 6.85. The molecule has 2 heterocycles. The summed E-state index contributed by atoms with van der Waals surface area (Å²) in [5, 5.41) is 11.4. The molecule has 0 spiro atoms. The monoisotopic (exact) mass is 422 g/mol. The van der Waals surface area contributed by atoms with Gasteiger partial charge in [-0.15, -0.1) is 0 Å². The molecule has 1 amide bonds. The van der Waals surface area contributed by atoms with Crippen molar-refractivity contribution in [1.82, 2.24) is 9.88 Å². The lowest BCUT2D eigenvalue weighted by Crippen LogP contribution is -2.29. The zero-order valence-corrected chi connectivity index (χ0v) is 16.4. The van der Waals surface area contributed by atoms with Gasteiger partial charge in [0.05, 0.1) is 11.6 Å². The summed E-state index contributed by atoms with van der Waals surface area (Å²) in [5.74, 6) is -2.31. The quantitative estimate of drug-likeness (QED) is 0.382. The molecular formula is C23H16ClFN2O3. The number of ketones is 1. The molecule has 0 saturated carbocycles. The maximum Gasteiger partial charge on any atom is 0.295 e. The van der Waals surface area contributed by atoms with E-state index >= 15 is 0 Å². The molecule has 1 atom stereocenters. The fourth-order valence-electron chi connectivity index (χ4n) is 3.49. The fourth-order valence-corrected chi connectivity index (χ4v) is 3.61. The molecule has 30 heavy (non-hydrogen) atoms. The van der Waals surface area contributed by atoms with E-state index in [1.807, 2.05) is 0 Å². The number of aliphatic hydroxyl groups is 1. The highest BCUT2D eigenvalue weighted by atomic mass is 35.5. The van der Waals surface area contributed by atoms with E-state index in [0.717, 1.165) is 5.56 Å². The Morgan fingerprint density at radius 2 is 1.77 bits per heavy atom. The smallest absolute Gasteiger partial charge is 0.295 e. The van der Waals surface area contributed by atoms with E-state index in [4.69, 9.17) is 11.6 Å². The highest BCUT2D eigenvalue weighted by Crippen LogP contribution is 2.40. The third-order valence-corrected chi connectivity index (χ3v) is 5.17. The van der Waals surface area contributed by atoms with Gasteiger partial charge in [0.15, 0.2) is 0 Å². The van der Waals surface area contributed by atoms with E-state index in [2.05, 4.69) is 4.98 Å². The minimum absolute atomic E-state index is 0.0576. The number of aromatic nitrogens is 1. The van der Waals surface area contributed by atoms with Gasteiger partial charge in [0, 0.05) is 29.5 Å². The van der Waals surface area contributed by atoms with Crippen LogP contribution in [0.5, 0.6) is 0 Å². The van der Waals surface area contributed by atoms with Crippen LogP contribution in [0.3, 0.4) is 0 Å². The number of benzene rings is 2. The molecule has 2 aromatic carbocycles. The van der Waals surface area contributed by atoms with E-state index in [0.29, 0.717) is 16.1 Å². The molecule has 1 fully saturated rings. The van der Waals surface area contributed by atoms with Gasteiger partial charge < -0.3 is 10.0 Å². The second-order valence-corrected chi connectivity index (χ2v) is 7.28. The molecule has 0 radical (unpaired) electrons. The Morgan fingerprint density at radius 1 is 1.07 bits per heavy atom. The minimum Gasteiger partial charge on any atom is -0.507 e. The van der Waals surface area contributed by atoms with Crippen molar-refractivity contribution >= 4 is 29.1 Å². The number of Topliss-reactive ketones (excluding diaryl/α,β-unsaturated/α-hetero) is 1. The van der Waals surface area contributed by atoms with Gasteiger partial charge in [-0.1, -0.05) is 29.8 Å². The van der Waals surface area contributed by atoms with Crippen LogP contribution >= 0.6 is 11.6 Å². The molecule has 3 aromatic rings. The average molecular weight is 423 g/mol. The van der Waals surface area contributed by atoms with Crippen LogP contribution in [0.15, 0.2) is 78.6 Å². The average Bonchev–Trinajstić information content (AvgIpc) is 3.00. The Kier molecular flexibility index (Phi) is 5.33. The number of nitrogens with zero attached hydrogens (tertiary/aromatic N) is 2. The van der Waals surface area contributed by atoms with Crippen molar-refractivity contribution in [3.8, 4) is 0 Å². The van der Waals surface area contributed by atoms with Crippen molar-refractivity contribution in [1.29, 1.82) is 0 Å². The maximum atomic E-state index is 13.5. The highest BCUT2D eigenvalue weighted by Gasteiger charge is 2.46. The Morgan fingerprint density at radius 3 is 2.40 bits per heavy atom. The number of hydrogen-bond donors (Lipinski definition) is 1. The molecule has 150 valence electrons. The summed E-state index contributed by atoms with van der Waals surface area (Å²) in [6.07, 6.45) is 3.20. The summed E-state index contributed by atoms with van der Waals surface area (Å²) in [4.78, 5) is 31.2. The number of pyridine rings is 1. The molecular weight excluding hydrogens is 407 g/mol. The normalized spacial score (nSPS) is 18.1. The molecule has 1 aromatic heterocycles. The zero-order valence-electron chi connectivity index (χ0n) is 15.6. The summed E-state index contributed by atoms with van der Waals surface area (Å²) in [5.41, 5.74) is 1.52. The van der Waals surface area contributed by atoms with Crippen LogP contribution in [0.1, 0.15) is 22.7 Å². The van der Waals surface area contributed by atoms with E-state index in [1.54, 1.807) is 48.8 Å². The largest absolute Gasteiger partial charge is 0.507 e. The number of hydrogen-bond acceptors (Lipinski definition) is 4.